The van der Waals surface area contributed by atoms with Crippen LogP contribution >= 0.6 is 572 Å². The fraction of sp³-hybridized carbons (Fsp3) is 0.895. The van der Waals surface area contributed by atoms with Crippen molar-refractivity contribution in [2.24, 2.45) is 0 Å². The van der Waals surface area contributed by atoms with Crippen LogP contribution in [0.4, 0.5) is 0 Å². The van der Waals surface area contributed by atoms with E-state index in [1.54, 1.807) is 0 Å². The summed E-state index contributed by atoms with van der Waals surface area (Å²) in [6.45, 7) is 0. The average Bonchev–Trinajstić information content (AvgIpc) is 0.583. The summed E-state index contributed by atoms with van der Waals surface area (Å²) < 4.78 is 0. The Kier molecular flexibility index (Phi) is 85.6. The molecule has 1 rings (SSSR count). The Morgan fingerprint density at radius 3 is 0.260 bits per heavy atom. The monoisotopic (exact) mass is 3120 g/mol. The molecule has 0 heterocycles. The van der Waals surface area contributed by atoms with Gasteiger partial charge in [-0.25, -0.2) is 0 Å². The van der Waals surface area contributed by atoms with Gasteiger partial charge in [-0.2, -0.15) is 572 Å². The molecule has 1 aromatic rings. The van der Waals surface area contributed by atoms with E-state index in [2.05, 4.69) is 888 Å². The van der Waals surface area contributed by atoms with E-state index in [1.165, 1.54) is 5.19 Å². The van der Waals surface area contributed by atoms with Gasteiger partial charge in [0.15, 0.2) is 6.14 Å². The third kappa shape index (κ3) is 25.1. The molecule has 0 spiro atoms. The van der Waals surface area contributed by atoms with Gasteiger partial charge >= 0.3 is 0 Å². The molecule has 0 bridgehead atoms. The zero-order valence-electron chi connectivity index (χ0n) is 86.7. The molecule has 131 heavy (non-hydrogen) atoms. The first-order valence-corrected chi connectivity index (χ1v) is 204. The predicted molar refractivity (Wildman–Crippen MR) is 848 cm³/mol. The van der Waals surface area contributed by atoms with Crippen LogP contribution in [-0.4, -0.2) is 442 Å². The van der Waals surface area contributed by atoms with Gasteiger partial charge in [0.25, 0.3) is 5.52 Å². The Hall–Kier alpha value is 22.1. The Balaban J connectivity index is 0. The molecule has 0 N–H and O–H groups in total. The van der Waals surface area contributed by atoms with Gasteiger partial charge in [-0.15, -0.1) is 0 Å². The SMILES string of the molecule is CS[Si](SC)(SC)[Si]([Si](SC)(SC)SC)([Si](SC)(SC)SC)[Si](SC)(SC)SC.CS[Si](SC)(SC)[Si]([Si](SC)(SC)SC)([Si](SC)(SC)SC)[Si]([Si]([Si](SC)(SC)SC)([Si](SC)(SC)SC)[Si](SC)(SC)SC)([Si]([Si](SC)(SC)SC)([Si](SC)(SC)SC)[Si](SC)(SC)SC)[Si]([Si](SC)(SC)SC)([Si](SC)(SC)SC)[Si](SC)(SC)SC.CS[Si](SC)(SC)c1ccccc1. The van der Waals surface area contributed by atoms with Crippen molar-refractivity contribution in [3.8, 4) is 0 Å². The minimum absolute atomic E-state index is 1.34. The maximum atomic E-state index is 2.89. The summed E-state index contributed by atoms with van der Waals surface area (Å²) in [6, 6.07) is 10.9. The normalized spacial score (nSPS) is 14.7. The lowest BCUT2D eigenvalue weighted by Gasteiger charge is -2.88. The lowest BCUT2D eigenvalue weighted by molar-refractivity contribution is 1.77. The van der Waals surface area contributed by atoms with Crippen molar-refractivity contribution in [3.63, 3.8) is 0 Å². The van der Waals surface area contributed by atoms with Gasteiger partial charge in [0.2, 0.25) is 80.6 Å². The third-order valence-corrected chi connectivity index (χ3v) is 1150. The first kappa shape index (κ1) is 155. The number of benzene rings is 1. The van der Waals surface area contributed by atoms with Crippen molar-refractivity contribution >= 4 is 700 Å². The van der Waals surface area contributed by atoms with E-state index in [9.17, 15) is 0 Å². The van der Waals surface area contributed by atoms with E-state index in [0.29, 0.717) is 0 Å². The van der Waals surface area contributed by atoms with Crippen LogP contribution < -0.4 is 5.19 Å². The van der Waals surface area contributed by atoms with Gasteiger partial charge in [0.1, 0.15) is 24.6 Å². The van der Waals surface area contributed by atoms with E-state index in [-0.39, 0.29) is 0 Å². The molecule has 784 valence electrons. The van der Waals surface area contributed by atoms with E-state index in [1.807, 2.05) is 33.6 Å². The molecular weight excluding hydrogens is 2970 g/mol. The Morgan fingerprint density at radius 1 is 0.0992 bits per heavy atom. The van der Waals surface area contributed by atoms with Crippen molar-refractivity contribution < 1.29 is 0 Å². The second-order valence-electron chi connectivity index (χ2n) is 25.7. The van der Waals surface area contributed by atoms with Crippen molar-refractivity contribution in [1.82, 2.24) is 0 Å². The van der Waals surface area contributed by atoms with Crippen LogP contribution in [0.5, 0.6) is 0 Å². The smallest absolute Gasteiger partial charge is 0.169 e. The number of rotatable bonds is 72. The van der Waals surface area contributed by atoms with Gasteiger partial charge < -0.3 is 0 Å². The zero-order valence-corrected chi connectivity index (χ0v) is 151. The maximum Gasteiger partial charge on any atom is 0.269 e. The fourth-order valence-electron chi connectivity index (χ4n) is 20.4. The van der Waals surface area contributed by atoms with Crippen LogP contribution in [0, 0.1) is 0 Å². The maximum absolute atomic E-state index is 3.75. The standard InChI is InChI=1S/C36H108S36Si17.C12H36S12Si5.C9H14S3Si/c1-37-73(38-2,39-3)85(74(40-4,41-5)42-6,75(43-7,44-8)45-9)89(86(76(46-10,47-11)48-12,77(49-13,50-14)51-15)78(52-16,53-17)54-18,87(79(55-19,56-20)57-21,80(58-22,59-23)60-24)81(61-25,62-26)63-27)88(82(64-28,65-29)66-30,83(67-31,68-32)69-33)84(70-34,71-35)72-36;1-13-25(14-2,15-3)29(26(16-4,17-5)18-6,27(19-7,20-8)21-9)28(22-10,23-11)24-12;1-10-13(11-2,12-3)9-7-5-4-6-8-9/h1-36H3;1-12H3;4-8H,1-3H3. The summed E-state index contributed by atoms with van der Waals surface area (Å²) in [7, 11) is 0. The Labute approximate surface area is 1030 Å². The summed E-state index contributed by atoms with van der Waals surface area (Å²) in [6.07, 6.45) is 122. The molecule has 0 fully saturated rings. The van der Waals surface area contributed by atoms with E-state index in [4.69, 9.17) is 0 Å². The van der Waals surface area contributed by atoms with Crippen LogP contribution in [0.2, 0.25) is 0 Å². The molecule has 0 aliphatic carbocycles. The second kappa shape index (κ2) is 72.3. The number of hydrogen-bond acceptors (Lipinski definition) is 51. The molecule has 0 nitrogen and oxygen atoms in total. The van der Waals surface area contributed by atoms with Gasteiger partial charge in [-0.1, -0.05) is 30.3 Å². The van der Waals surface area contributed by atoms with Crippen molar-refractivity contribution in [2.45, 2.75) is 0 Å². The zero-order chi connectivity index (χ0) is 103. The highest BCUT2D eigenvalue weighted by atomic mass is 32.9. The van der Waals surface area contributed by atoms with Crippen molar-refractivity contribution in [1.29, 1.82) is 0 Å². The van der Waals surface area contributed by atoms with Gasteiger partial charge in [-0.3, -0.25) is 0 Å². The topological polar surface area (TPSA) is 0 Å². The summed E-state index contributed by atoms with van der Waals surface area (Å²) in [5.41, 5.74) is -1.34. The van der Waals surface area contributed by atoms with Crippen LogP contribution in [0.25, 0.3) is 0 Å². The largest absolute Gasteiger partial charge is 0.269 e. The second-order valence-corrected chi connectivity index (χ2v) is 467. The molecular formula is C57H158S51Si23. The van der Waals surface area contributed by atoms with Gasteiger partial charge in [0.05, 0.1) is 0 Å². The first-order chi connectivity index (χ1) is 62.2. The summed E-state index contributed by atoms with van der Waals surface area (Å²) in [4.78, 5) is 0. The first-order valence-electron chi connectivity index (χ1n) is 38.4. The van der Waals surface area contributed by atoms with Crippen LogP contribution in [-0.2, 0) is 0 Å². The fourth-order valence-corrected chi connectivity index (χ4v) is 2620. The quantitative estimate of drug-likeness (QED) is 0.0568. The Bertz CT molecular complexity index is 2550. The molecule has 0 atom stereocenters. The molecule has 0 aliphatic rings. The summed E-state index contributed by atoms with van der Waals surface area (Å²) in [5, 5.41) is -40.2. The minimum atomic E-state index is -3.75. The van der Waals surface area contributed by atoms with Crippen LogP contribution in [0.1, 0.15) is 0 Å². The van der Waals surface area contributed by atoms with Crippen LogP contribution in [0.15, 0.2) is 30.3 Å². The van der Waals surface area contributed by atoms with Gasteiger partial charge in [0, 0.05) is 6.14 Å². The molecule has 0 saturated carbocycles. The molecule has 0 aliphatic heterocycles. The lowest BCUT2D eigenvalue weighted by atomic mass is 10.4. The molecule has 1 aromatic carbocycles. The highest BCUT2D eigenvalue weighted by Crippen LogP contribution is 2.87. The highest BCUT2D eigenvalue weighted by molar-refractivity contribution is 9.25. The van der Waals surface area contributed by atoms with Gasteiger partial charge in [-0.05, 0) is 324 Å². The van der Waals surface area contributed by atoms with Crippen LogP contribution in [0.3, 0.4) is 0 Å². The van der Waals surface area contributed by atoms with Crippen molar-refractivity contribution in [2.75, 3.05) is 319 Å². The van der Waals surface area contributed by atoms with E-state index >= 15 is 0 Å². The molecule has 0 unspecified atom stereocenters. The third-order valence-electron chi connectivity index (χ3n) is 24.4. The average molecular weight is 3130 g/mol. The molecule has 74 heteroatoms. The molecule has 0 saturated heterocycles. The summed E-state index contributed by atoms with van der Waals surface area (Å²) >= 11 is 132. The summed E-state index contributed by atoms with van der Waals surface area (Å²) in [5.74, 6) is 0. The van der Waals surface area contributed by atoms with E-state index < -0.39 is 123 Å². The van der Waals surface area contributed by atoms with Crippen molar-refractivity contribution in [3.05, 3.63) is 30.3 Å². The Morgan fingerprint density at radius 2 is 0.183 bits per heavy atom. The molecule has 0 radical (unpaired) electrons. The van der Waals surface area contributed by atoms with E-state index in [0.717, 1.165) is 0 Å². The molecule has 0 amide bonds. The predicted octanol–water partition coefficient (Wildman–Crippen LogP) is 33.6. The molecule has 0 aromatic heterocycles. The minimum Gasteiger partial charge on any atom is -0.169 e. The lowest BCUT2D eigenvalue weighted by Crippen LogP contribution is -3.25. The highest BCUT2D eigenvalue weighted by Gasteiger charge is 3.12. The number of hydrogen-bond donors (Lipinski definition) is 0.